The summed E-state index contributed by atoms with van der Waals surface area (Å²) < 4.78 is 41.9. The molecular formula is C30H38F3NO2. The van der Waals surface area contributed by atoms with Crippen LogP contribution in [-0.2, 0) is 11.0 Å². The van der Waals surface area contributed by atoms with Gasteiger partial charge in [-0.25, -0.2) is 0 Å². The Balaban J connectivity index is 1.89. The molecule has 1 saturated heterocycles. The van der Waals surface area contributed by atoms with Crippen molar-refractivity contribution in [2.24, 2.45) is 11.8 Å². The number of hydrogen-bond acceptors (Lipinski definition) is 2. The van der Waals surface area contributed by atoms with E-state index in [1.54, 1.807) is 18.2 Å². The third-order valence-electron chi connectivity index (χ3n) is 6.90. The number of nitrogens with zero attached hydrogens (tertiary/aromatic N) is 1. The Morgan fingerprint density at radius 2 is 1.72 bits per heavy atom. The van der Waals surface area contributed by atoms with E-state index in [9.17, 15) is 23.1 Å². The monoisotopic (exact) mass is 501 g/mol. The van der Waals surface area contributed by atoms with Gasteiger partial charge in [0.1, 0.15) is 0 Å². The summed E-state index contributed by atoms with van der Waals surface area (Å²) in [6, 6.07) is 11.6. The molecule has 2 aromatic rings. The van der Waals surface area contributed by atoms with Crippen molar-refractivity contribution in [1.29, 1.82) is 0 Å². The molecule has 3 rings (SSSR count). The van der Waals surface area contributed by atoms with Crippen LogP contribution in [0, 0.1) is 11.8 Å². The highest BCUT2D eigenvalue weighted by Crippen LogP contribution is 2.41. The summed E-state index contributed by atoms with van der Waals surface area (Å²) in [5.74, 6) is -1.01. The fraction of sp³-hybridized carbons (Fsp3) is 0.500. The Labute approximate surface area is 213 Å². The van der Waals surface area contributed by atoms with Crippen LogP contribution in [0.2, 0.25) is 0 Å². The maximum Gasteiger partial charge on any atom is 0.416 e. The molecule has 1 aliphatic rings. The van der Waals surface area contributed by atoms with E-state index in [0.717, 1.165) is 25.2 Å². The smallest absolute Gasteiger partial charge is 0.416 e. The third kappa shape index (κ3) is 7.45. The van der Waals surface area contributed by atoms with E-state index in [2.05, 4.69) is 30.9 Å². The first-order chi connectivity index (χ1) is 17.0. The average molecular weight is 502 g/mol. The molecule has 6 heteroatoms. The van der Waals surface area contributed by atoms with Crippen LogP contribution < -0.4 is 0 Å². The van der Waals surface area contributed by atoms with Crippen LogP contribution in [0.15, 0.2) is 54.6 Å². The van der Waals surface area contributed by atoms with Crippen LogP contribution in [0.4, 0.5) is 13.2 Å². The molecule has 0 saturated carbocycles. The van der Waals surface area contributed by atoms with Gasteiger partial charge in [-0.15, -0.1) is 0 Å². The lowest BCUT2D eigenvalue weighted by Gasteiger charge is -2.33. The molecule has 0 bridgehead atoms. The van der Waals surface area contributed by atoms with Crippen molar-refractivity contribution in [3.63, 3.8) is 0 Å². The maximum absolute atomic E-state index is 14.0. The number of rotatable bonds is 9. The molecule has 3 nitrogen and oxygen atoms in total. The van der Waals surface area contributed by atoms with Gasteiger partial charge in [0.25, 0.3) is 0 Å². The van der Waals surface area contributed by atoms with Gasteiger partial charge in [0.2, 0.25) is 0 Å². The molecule has 0 aliphatic carbocycles. The summed E-state index contributed by atoms with van der Waals surface area (Å²) in [4.78, 5) is 14.2. The first kappa shape index (κ1) is 28.0. The van der Waals surface area contributed by atoms with Gasteiger partial charge in [0.15, 0.2) is 0 Å². The molecule has 1 fully saturated rings. The number of benzene rings is 2. The van der Waals surface area contributed by atoms with Crippen molar-refractivity contribution in [3.8, 4) is 11.1 Å². The van der Waals surface area contributed by atoms with Crippen molar-refractivity contribution in [2.75, 3.05) is 19.6 Å². The van der Waals surface area contributed by atoms with Gasteiger partial charge in [-0.3, -0.25) is 9.69 Å². The molecule has 36 heavy (non-hydrogen) atoms. The minimum absolute atomic E-state index is 0.164. The average Bonchev–Trinajstić information content (AvgIpc) is 2.81. The molecule has 2 aromatic carbocycles. The number of carboxylic acid groups (broad SMARTS) is 1. The van der Waals surface area contributed by atoms with Gasteiger partial charge < -0.3 is 5.11 Å². The third-order valence-corrected chi connectivity index (χ3v) is 6.90. The fourth-order valence-electron chi connectivity index (χ4n) is 5.03. The minimum Gasteiger partial charge on any atom is -0.481 e. The first-order valence-electron chi connectivity index (χ1n) is 12.9. The van der Waals surface area contributed by atoms with Crippen LogP contribution in [-0.4, -0.2) is 35.6 Å². The Hall–Kier alpha value is -2.60. The molecule has 1 aliphatic heterocycles. The summed E-state index contributed by atoms with van der Waals surface area (Å²) in [7, 11) is 0. The lowest BCUT2D eigenvalue weighted by molar-refractivity contribution is -0.139. The Kier molecular flexibility index (Phi) is 9.40. The zero-order valence-corrected chi connectivity index (χ0v) is 21.7. The van der Waals surface area contributed by atoms with Crippen LogP contribution in [0.5, 0.6) is 0 Å². The second kappa shape index (κ2) is 12.1. The van der Waals surface area contributed by atoms with Crippen LogP contribution >= 0.6 is 0 Å². The van der Waals surface area contributed by atoms with E-state index in [4.69, 9.17) is 0 Å². The van der Waals surface area contributed by atoms with E-state index >= 15 is 0 Å². The first-order valence-corrected chi connectivity index (χ1v) is 12.9. The maximum atomic E-state index is 14.0. The number of likely N-dealkylation sites (tertiary alicyclic amines) is 1. The summed E-state index contributed by atoms with van der Waals surface area (Å²) in [6.45, 7) is 10.6. The SMILES string of the molecule is CC(C)C=CCN1CCC(c2cc(-c3cccc(C(CC(C)C)C(=O)O)c3)ccc2C(F)(F)F)CC1. The van der Waals surface area contributed by atoms with Crippen LogP contribution in [0.3, 0.4) is 0 Å². The lowest BCUT2D eigenvalue weighted by Crippen LogP contribution is -2.33. The largest absolute Gasteiger partial charge is 0.481 e. The topological polar surface area (TPSA) is 40.5 Å². The summed E-state index contributed by atoms with van der Waals surface area (Å²) in [5, 5.41) is 9.75. The van der Waals surface area contributed by atoms with Gasteiger partial charge in [0.05, 0.1) is 11.5 Å². The van der Waals surface area contributed by atoms with Crippen molar-refractivity contribution < 1.29 is 23.1 Å². The van der Waals surface area contributed by atoms with Gasteiger partial charge in [0, 0.05) is 6.54 Å². The van der Waals surface area contributed by atoms with E-state index in [0.29, 0.717) is 41.9 Å². The standard InChI is InChI=1S/C30H38F3NO2/c1-20(2)7-6-14-34-15-12-22(13-16-34)26-19-24(10-11-28(26)30(31,32)33)23-8-5-9-25(18-23)27(29(35)36)17-21(3)4/h5-11,18-22,27H,12-17H2,1-4H3,(H,35,36). The molecule has 1 atom stereocenters. The quantitative estimate of drug-likeness (QED) is 0.354. The molecule has 0 spiro atoms. The van der Waals surface area contributed by atoms with E-state index in [1.165, 1.54) is 12.1 Å². The van der Waals surface area contributed by atoms with E-state index in [-0.39, 0.29) is 11.8 Å². The number of aliphatic carboxylic acids is 1. The molecule has 1 unspecified atom stereocenters. The van der Waals surface area contributed by atoms with Crippen LogP contribution in [0.1, 0.15) is 75.5 Å². The number of alkyl halides is 3. The summed E-state index contributed by atoms with van der Waals surface area (Å²) >= 11 is 0. The normalized spacial score (nSPS) is 16.8. The van der Waals surface area contributed by atoms with E-state index < -0.39 is 23.6 Å². The Bertz CT molecular complexity index is 1050. The highest BCUT2D eigenvalue weighted by Gasteiger charge is 2.36. The van der Waals surface area contributed by atoms with Crippen LogP contribution in [0.25, 0.3) is 11.1 Å². The zero-order chi connectivity index (χ0) is 26.5. The van der Waals surface area contributed by atoms with Gasteiger partial charge in [-0.2, -0.15) is 13.2 Å². The molecule has 0 aromatic heterocycles. The zero-order valence-electron chi connectivity index (χ0n) is 21.7. The number of carboxylic acids is 1. The minimum atomic E-state index is -4.42. The molecular weight excluding hydrogens is 463 g/mol. The molecule has 0 amide bonds. The fourth-order valence-corrected chi connectivity index (χ4v) is 5.03. The van der Waals surface area contributed by atoms with Crippen molar-refractivity contribution in [2.45, 2.75) is 65.0 Å². The number of carbonyl (C=O) groups is 1. The van der Waals surface area contributed by atoms with E-state index in [1.807, 2.05) is 26.0 Å². The summed E-state index contributed by atoms with van der Waals surface area (Å²) in [5.41, 5.74) is 1.89. The predicted octanol–water partition coefficient (Wildman–Crippen LogP) is 7.98. The van der Waals surface area contributed by atoms with Gasteiger partial charge in [-0.1, -0.05) is 76.2 Å². The Morgan fingerprint density at radius 3 is 2.31 bits per heavy atom. The number of hydrogen-bond donors (Lipinski definition) is 1. The molecule has 0 radical (unpaired) electrons. The highest BCUT2D eigenvalue weighted by molar-refractivity contribution is 5.77. The summed E-state index contributed by atoms with van der Waals surface area (Å²) in [6.07, 6.45) is 1.74. The van der Waals surface area contributed by atoms with Crippen molar-refractivity contribution in [1.82, 2.24) is 4.90 Å². The highest BCUT2D eigenvalue weighted by atomic mass is 19.4. The predicted molar refractivity (Wildman–Crippen MR) is 139 cm³/mol. The van der Waals surface area contributed by atoms with Gasteiger partial charge in [-0.05, 0) is 78.4 Å². The van der Waals surface area contributed by atoms with Crippen molar-refractivity contribution in [3.05, 3.63) is 71.3 Å². The lowest BCUT2D eigenvalue weighted by atomic mass is 9.84. The Morgan fingerprint density at radius 1 is 1.06 bits per heavy atom. The number of allylic oxidation sites excluding steroid dienone is 1. The van der Waals surface area contributed by atoms with Gasteiger partial charge >= 0.3 is 12.1 Å². The number of piperidine rings is 1. The second-order valence-corrected chi connectivity index (χ2v) is 10.7. The number of halogens is 3. The second-order valence-electron chi connectivity index (χ2n) is 10.7. The molecule has 196 valence electrons. The molecule has 1 heterocycles. The molecule has 1 N–H and O–H groups in total. The van der Waals surface area contributed by atoms with Crippen molar-refractivity contribution >= 4 is 5.97 Å².